The molecule has 2 heterocycles. The zero-order valence-corrected chi connectivity index (χ0v) is 23.6. The van der Waals surface area contributed by atoms with Crippen LogP contribution in [-0.4, -0.2) is 45.3 Å². The molecule has 0 amide bonds. The number of nitrogens with zero attached hydrogens (tertiary/aromatic N) is 1. The third-order valence-corrected chi connectivity index (χ3v) is 8.12. The summed E-state index contributed by atoms with van der Waals surface area (Å²) in [5.74, 6) is -0.168. The number of aryl methyl sites for hydroxylation is 1. The topological polar surface area (TPSA) is 40.2 Å². The van der Waals surface area contributed by atoms with Gasteiger partial charge in [0.2, 0.25) is 0 Å². The van der Waals surface area contributed by atoms with E-state index in [1.54, 1.807) is 19.2 Å². The van der Waals surface area contributed by atoms with Gasteiger partial charge in [-0.15, -0.1) is 0 Å². The molecule has 2 fully saturated rings. The van der Waals surface area contributed by atoms with E-state index in [0.29, 0.717) is 44.3 Å². The molecule has 0 aromatic heterocycles. The van der Waals surface area contributed by atoms with Crippen molar-refractivity contribution < 1.29 is 23.3 Å². The van der Waals surface area contributed by atoms with Gasteiger partial charge in [-0.2, -0.15) is 0 Å². The van der Waals surface area contributed by atoms with E-state index in [1.807, 2.05) is 30.3 Å². The van der Waals surface area contributed by atoms with Crippen LogP contribution in [0.2, 0.25) is 0 Å². The number of rotatable bonds is 9. The first-order chi connectivity index (χ1) is 20.0. The van der Waals surface area contributed by atoms with Crippen LogP contribution in [0.25, 0.3) is 11.1 Å². The monoisotopic (exact) mass is 553 g/mol. The standard InChI is InChI=1S/C35H36FNO4/c1-25-18-29(33-20-32(38-2)14-15-34(33)36)11-10-28(25)19-26-8-12-30(13-9-26)37-24-35(40-16-17-41-35)21-31(37)23-39-22-27-6-4-3-5-7-27/h3-15,18,20,31H,16-17,19,21-24H2,1-2H3. The molecule has 1 spiro atoms. The lowest BCUT2D eigenvalue weighted by molar-refractivity contribution is -0.141. The van der Waals surface area contributed by atoms with Crippen molar-refractivity contribution in [1.29, 1.82) is 0 Å². The number of ether oxygens (including phenoxy) is 4. The molecule has 2 saturated heterocycles. The van der Waals surface area contributed by atoms with Crippen LogP contribution in [0.15, 0.2) is 91.0 Å². The summed E-state index contributed by atoms with van der Waals surface area (Å²) >= 11 is 0. The highest BCUT2D eigenvalue weighted by Crippen LogP contribution is 2.38. The molecule has 6 heteroatoms. The van der Waals surface area contributed by atoms with Gasteiger partial charge in [0.15, 0.2) is 5.79 Å². The molecule has 0 aliphatic carbocycles. The van der Waals surface area contributed by atoms with Crippen LogP contribution in [0.3, 0.4) is 0 Å². The minimum atomic E-state index is -0.555. The number of hydrogen-bond donors (Lipinski definition) is 0. The Kier molecular flexibility index (Phi) is 8.06. The molecule has 2 aliphatic rings. The predicted molar refractivity (Wildman–Crippen MR) is 159 cm³/mol. The number of methoxy groups -OCH3 is 1. The van der Waals surface area contributed by atoms with Crippen LogP contribution >= 0.6 is 0 Å². The van der Waals surface area contributed by atoms with E-state index in [2.05, 4.69) is 54.3 Å². The van der Waals surface area contributed by atoms with Gasteiger partial charge in [-0.1, -0.05) is 60.7 Å². The Balaban J connectivity index is 1.15. The minimum absolute atomic E-state index is 0.162. The van der Waals surface area contributed by atoms with Crippen molar-refractivity contribution in [2.45, 2.75) is 38.2 Å². The molecule has 4 aromatic carbocycles. The number of hydrogen-bond acceptors (Lipinski definition) is 5. The maximum atomic E-state index is 14.5. The quantitative estimate of drug-likeness (QED) is 0.225. The van der Waals surface area contributed by atoms with Crippen LogP contribution in [0.4, 0.5) is 10.1 Å². The molecular formula is C35H36FNO4. The molecule has 4 aromatic rings. The smallest absolute Gasteiger partial charge is 0.188 e. The fourth-order valence-corrected chi connectivity index (χ4v) is 5.91. The van der Waals surface area contributed by atoms with E-state index < -0.39 is 5.79 Å². The first-order valence-electron chi connectivity index (χ1n) is 14.2. The molecule has 1 atom stereocenters. The van der Waals surface area contributed by atoms with Gasteiger partial charge in [0, 0.05) is 17.7 Å². The Labute approximate surface area is 241 Å². The van der Waals surface area contributed by atoms with Crippen molar-refractivity contribution in [3.8, 4) is 16.9 Å². The van der Waals surface area contributed by atoms with Gasteiger partial charge in [-0.25, -0.2) is 4.39 Å². The van der Waals surface area contributed by atoms with E-state index >= 15 is 0 Å². The summed E-state index contributed by atoms with van der Waals surface area (Å²) in [7, 11) is 1.59. The third-order valence-electron chi connectivity index (χ3n) is 8.12. The molecule has 41 heavy (non-hydrogen) atoms. The zero-order valence-electron chi connectivity index (χ0n) is 23.6. The zero-order chi connectivity index (χ0) is 28.2. The summed E-state index contributed by atoms with van der Waals surface area (Å²) in [6.07, 6.45) is 1.58. The molecule has 0 saturated carbocycles. The second kappa shape index (κ2) is 12.0. The van der Waals surface area contributed by atoms with Crippen molar-refractivity contribution in [2.75, 3.05) is 38.4 Å². The molecule has 212 valence electrons. The van der Waals surface area contributed by atoms with Gasteiger partial charge in [-0.3, -0.25) is 0 Å². The Morgan fingerprint density at radius 1 is 0.902 bits per heavy atom. The number of benzene rings is 4. The van der Waals surface area contributed by atoms with Crippen LogP contribution in [0, 0.1) is 12.7 Å². The van der Waals surface area contributed by atoms with Gasteiger partial charge in [0.25, 0.3) is 0 Å². The summed E-state index contributed by atoms with van der Waals surface area (Å²) in [5, 5.41) is 0. The van der Waals surface area contributed by atoms with E-state index in [9.17, 15) is 4.39 Å². The average Bonchev–Trinajstić information content (AvgIpc) is 3.61. The van der Waals surface area contributed by atoms with Crippen molar-refractivity contribution in [3.63, 3.8) is 0 Å². The molecule has 0 bridgehead atoms. The number of anilines is 1. The van der Waals surface area contributed by atoms with Crippen molar-refractivity contribution in [1.82, 2.24) is 0 Å². The second-order valence-corrected chi connectivity index (χ2v) is 10.9. The maximum absolute atomic E-state index is 14.5. The molecule has 1 unspecified atom stereocenters. The highest BCUT2D eigenvalue weighted by Gasteiger charge is 2.48. The maximum Gasteiger partial charge on any atom is 0.188 e. The molecule has 2 aliphatic heterocycles. The van der Waals surface area contributed by atoms with Gasteiger partial charge >= 0.3 is 0 Å². The number of halogens is 1. The van der Waals surface area contributed by atoms with Crippen molar-refractivity contribution >= 4 is 5.69 Å². The van der Waals surface area contributed by atoms with E-state index in [0.717, 1.165) is 29.7 Å². The van der Waals surface area contributed by atoms with E-state index in [-0.39, 0.29) is 11.9 Å². The Morgan fingerprint density at radius 3 is 2.41 bits per heavy atom. The van der Waals surface area contributed by atoms with Crippen LogP contribution in [0.1, 0.15) is 28.7 Å². The highest BCUT2D eigenvalue weighted by atomic mass is 19.1. The molecular weight excluding hydrogens is 517 g/mol. The second-order valence-electron chi connectivity index (χ2n) is 10.9. The van der Waals surface area contributed by atoms with Crippen molar-refractivity contribution in [3.05, 3.63) is 119 Å². The lowest BCUT2D eigenvalue weighted by atomic mass is 9.95. The van der Waals surface area contributed by atoms with Crippen molar-refractivity contribution in [2.24, 2.45) is 0 Å². The van der Waals surface area contributed by atoms with Crippen LogP contribution in [0.5, 0.6) is 5.75 Å². The lowest BCUT2D eigenvalue weighted by Gasteiger charge is -2.27. The third kappa shape index (κ3) is 6.15. The normalized spacial score (nSPS) is 17.8. The summed E-state index contributed by atoms with van der Waals surface area (Å²) in [6, 6.07) is 30.1. The fraction of sp³-hybridized carbons (Fsp3) is 0.314. The molecule has 0 N–H and O–H groups in total. The van der Waals surface area contributed by atoms with E-state index in [4.69, 9.17) is 18.9 Å². The molecule has 0 radical (unpaired) electrons. The first-order valence-corrected chi connectivity index (χ1v) is 14.2. The molecule has 6 rings (SSSR count). The average molecular weight is 554 g/mol. The largest absolute Gasteiger partial charge is 0.497 e. The predicted octanol–water partition coefficient (Wildman–Crippen LogP) is 6.94. The molecule has 5 nitrogen and oxygen atoms in total. The van der Waals surface area contributed by atoms with Crippen LogP contribution < -0.4 is 9.64 Å². The van der Waals surface area contributed by atoms with E-state index in [1.165, 1.54) is 22.8 Å². The van der Waals surface area contributed by atoms with Gasteiger partial charge in [-0.05, 0) is 71.5 Å². The summed E-state index contributed by atoms with van der Waals surface area (Å²) in [6.45, 7) is 5.22. The SMILES string of the molecule is COc1ccc(F)c(-c2ccc(Cc3ccc(N4CC5(CC4COCc4ccccc4)OCCO5)cc3)c(C)c2)c1. The van der Waals surface area contributed by atoms with Gasteiger partial charge in [0.05, 0.1) is 46.1 Å². The Bertz CT molecular complexity index is 1470. The highest BCUT2D eigenvalue weighted by molar-refractivity contribution is 5.67. The minimum Gasteiger partial charge on any atom is -0.497 e. The van der Waals surface area contributed by atoms with Gasteiger partial charge in [0.1, 0.15) is 11.6 Å². The Hall–Kier alpha value is -3.71. The lowest BCUT2D eigenvalue weighted by Crippen LogP contribution is -2.35. The summed E-state index contributed by atoms with van der Waals surface area (Å²) < 4.78 is 38.1. The first kappa shape index (κ1) is 27.5. The van der Waals surface area contributed by atoms with Crippen LogP contribution in [-0.2, 0) is 27.2 Å². The summed E-state index contributed by atoms with van der Waals surface area (Å²) in [5.41, 5.74) is 7.25. The fourth-order valence-electron chi connectivity index (χ4n) is 5.91. The Morgan fingerprint density at radius 2 is 1.68 bits per heavy atom. The summed E-state index contributed by atoms with van der Waals surface area (Å²) in [4.78, 5) is 2.36. The van der Waals surface area contributed by atoms with Gasteiger partial charge < -0.3 is 23.8 Å².